The number of hydrogen-bond acceptors (Lipinski definition) is 2. The minimum Gasteiger partial charge on any atom is -0.507 e. The third-order valence-corrected chi connectivity index (χ3v) is 2.09. The molecule has 0 radical (unpaired) electrons. The minimum absolute atomic E-state index is 0.104. The number of benzene rings is 1. The van der Waals surface area contributed by atoms with Crippen LogP contribution in [0.4, 0.5) is 0 Å². The third kappa shape index (κ3) is 1.47. The summed E-state index contributed by atoms with van der Waals surface area (Å²) in [6.07, 6.45) is 0. The molecule has 64 valence electrons. The molecule has 0 bridgehead atoms. The molecule has 0 amide bonds. The second-order valence-electron chi connectivity index (χ2n) is 2.06. The summed E-state index contributed by atoms with van der Waals surface area (Å²) in [7, 11) is 0. The maximum absolute atomic E-state index is 10.5. The van der Waals surface area contributed by atoms with E-state index < -0.39 is 11.7 Å². The van der Waals surface area contributed by atoms with Crippen LogP contribution in [0.15, 0.2) is 12.1 Å². The Balaban J connectivity index is 3.43. The standard InChI is InChI=1S/C7H4Cl2O3/c8-3-1-2-4(10)5(6(3)9)7(11)12/h1-2,10H,(H,11,12). The first-order valence-electron chi connectivity index (χ1n) is 2.94. The lowest BCUT2D eigenvalue weighted by atomic mass is 10.2. The molecule has 1 aromatic rings. The Morgan fingerprint density at radius 3 is 2.33 bits per heavy atom. The fraction of sp³-hybridized carbons (Fsp3) is 0. The molecule has 0 atom stereocenters. The molecule has 5 heteroatoms. The molecule has 1 aromatic carbocycles. The van der Waals surface area contributed by atoms with E-state index in [-0.39, 0.29) is 15.6 Å². The summed E-state index contributed by atoms with van der Waals surface area (Å²) in [4.78, 5) is 10.5. The SMILES string of the molecule is O=C(O)c1c(O)ccc(Cl)c1Cl. The lowest BCUT2D eigenvalue weighted by Gasteiger charge is -2.02. The zero-order valence-corrected chi connectivity index (χ0v) is 7.23. The number of aromatic carboxylic acids is 1. The van der Waals surface area contributed by atoms with Crippen LogP contribution in [-0.2, 0) is 0 Å². The fourth-order valence-electron chi connectivity index (χ4n) is 0.744. The Hall–Kier alpha value is -0.930. The summed E-state index contributed by atoms with van der Waals surface area (Å²) in [6.45, 7) is 0. The first-order chi connectivity index (χ1) is 5.54. The van der Waals surface area contributed by atoms with Gasteiger partial charge in [-0.25, -0.2) is 4.79 Å². The van der Waals surface area contributed by atoms with Crippen LogP contribution in [0, 0.1) is 0 Å². The predicted octanol–water partition coefficient (Wildman–Crippen LogP) is 2.40. The Labute approximate surface area is 78.2 Å². The quantitative estimate of drug-likeness (QED) is 0.743. The van der Waals surface area contributed by atoms with E-state index in [0.29, 0.717) is 0 Å². The van der Waals surface area contributed by atoms with Crippen molar-refractivity contribution in [2.75, 3.05) is 0 Å². The lowest BCUT2D eigenvalue weighted by Crippen LogP contribution is -1.98. The normalized spacial score (nSPS) is 9.83. The van der Waals surface area contributed by atoms with Gasteiger partial charge in [-0.3, -0.25) is 0 Å². The minimum atomic E-state index is -1.31. The van der Waals surface area contributed by atoms with Gasteiger partial charge in [-0.05, 0) is 12.1 Å². The van der Waals surface area contributed by atoms with E-state index >= 15 is 0 Å². The third-order valence-electron chi connectivity index (χ3n) is 1.29. The largest absolute Gasteiger partial charge is 0.507 e. The smallest absolute Gasteiger partial charge is 0.341 e. The topological polar surface area (TPSA) is 57.5 Å². The summed E-state index contributed by atoms with van der Waals surface area (Å²) >= 11 is 11.0. The van der Waals surface area contributed by atoms with Gasteiger partial charge in [-0.15, -0.1) is 0 Å². The molecule has 0 unspecified atom stereocenters. The van der Waals surface area contributed by atoms with Crippen molar-refractivity contribution in [1.29, 1.82) is 0 Å². The van der Waals surface area contributed by atoms with Crippen molar-refractivity contribution >= 4 is 29.2 Å². The zero-order valence-electron chi connectivity index (χ0n) is 5.71. The van der Waals surface area contributed by atoms with Crippen molar-refractivity contribution < 1.29 is 15.0 Å². The van der Waals surface area contributed by atoms with Crippen molar-refractivity contribution in [2.24, 2.45) is 0 Å². The number of phenols is 1. The number of halogens is 2. The highest BCUT2D eigenvalue weighted by atomic mass is 35.5. The molecule has 12 heavy (non-hydrogen) atoms. The Kier molecular flexibility index (Phi) is 2.45. The van der Waals surface area contributed by atoms with Gasteiger partial charge in [0, 0.05) is 0 Å². The van der Waals surface area contributed by atoms with E-state index in [2.05, 4.69) is 0 Å². The first kappa shape index (κ1) is 9.16. The highest BCUT2D eigenvalue weighted by Gasteiger charge is 2.16. The van der Waals surface area contributed by atoms with Crippen molar-refractivity contribution in [3.8, 4) is 5.75 Å². The van der Waals surface area contributed by atoms with Gasteiger partial charge in [0.2, 0.25) is 0 Å². The van der Waals surface area contributed by atoms with E-state index in [1.54, 1.807) is 0 Å². The van der Waals surface area contributed by atoms with Crippen molar-refractivity contribution in [3.63, 3.8) is 0 Å². The van der Waals surface area contributed by atoms with Gasteiger partial charge in [0.05, 0.1) is 10.0 Å². The molecule has 0 aromatic heterocycles. The highest BCUT2D eigenvalue weighted by Crippen LogP contribution is 2.31. The van der Waals surface area contributed by atoms with E-state index in [0.717, 1.165) is 0 Å². The molecule has 0 aliphatic rings. The number of carboxylic acids is 1. The van der Waals surface area contributed by atoms with E-state index in [4.69, 9.17) is 33.4 Å². The molecule has 0 aliphatic carbocycles. The Morgan fingerprint density at radius 2 is 1.92 bits per heavy atom. The van der Waals surface area contributed by atoms with E-state index in [9.17, 15) is 4.79 Å². The van der Waals surface area contributed by atoms with Crippen LogP contribution in [0.3, 0.4) is 0 Å². The molecule has 0 aliphatic heterocycles. The van der Waals surface area contributed by atoms with E-state index in [1.807, 2.05) is 0 Å². The molecule has 0 saturated carbocycles. The molecule has 0 spiro atoms. The number of aromatic hydroxyl groups is 1. The zero-order chi connectivity index (χ0) is 9.30. The summed E-state index contributed by atoms with van der Waals surface area (Å²) < 4.78 is 0. The summed E-state index contributed by atoms with van der Waals surface area (Å²) in [6, 6.07) is 2.50. The van der Waals surface area contributed by atoms with Gasteiger partial charge in [-0.1, -0.05) is 23.2 Å². The monoisotopic (exact) mass is 206 g/mol. The molecule has 0 fully saturated rings. The van der Waals surface area contributed by atoms with Crippen molar-refractivity contribution in [3.05, 3.63) is 27.7 Å². The molecule has 0 saturated heterocycles. The van der Waals surface area contributed by atoms with Gasteiger partial charge >= 0.3 is 5.97 Å². The number of carbonyl (C=O) groups is 1. The number of carboxylic acid groups (broad SMARTS) is 1. The van der Waals surface area contributed by atoms with Crippen LogP contribution >= 0.6 is 23.2 Å². The van der Waals surface area contributed by atoms with Gasteiger partial charge in [0.1, 0.15) is 11.3 Å². The lowest BCUT2D eigenvalue weighted by molar-refractivity contribution is 0.0694. The molecule has 0 heterocycles. The van der Waals surface area contributed by atoms with Crippen LogP contribution in [0.5, 0.6) is 5.75 Å². The van der Waals surface area contributed by atoms with E-state index in [1.165, 1.54) is 12.1 Å². The van der Waals surface area contributed by atoms with Crippen LogP contribution in [0.2, 0.25) is 10.0 Å². The van der Waals surface area contributed by atoms with Gasteiger partial charge in [0.15, 0.2) is 0 Å². The summed E-state index contributed by atoms with van der Waals surface area (Å²) in [5, 5.41) is 17.6. The molecule has 3 nitrogen and oxygen atoms in total. The van der Waals surface area contributed by atoms with Crippen LogP contribution in [0.1, 0.15) is 10.4 Å². The molecule has 2 N–H and O–H groups in total. The molecule has 1 rings (SSSR count). The van der Waals surface area contributed by atoms with Crippen LogP contribution in [-0.4, -0.2) is 16.2 Å². The summed E-state index contributed by atoms with van der Waals surface area (Å²) in [5.41, 5.74) is -0.371. The van der Waals surface area contributed by atoms with Gasteiger partial charge in [0.25, 0.3) is 0 Å². The van der Waals surface area contributed by atoms with Crippen molar-refractivity contribution in [2.45, 2.75) is 0 Å². The average molecular weight is 207 g/mol. The number of hydrogen-bond donors (Lipinski definition) is 2. The van der Waals surface area contributed by atoms with Crippen LogP contribution in [0.25, 0.3) is 0 Å². The summed E-state index contributed by atoms with van der Waals surface area (Å²) in [5.74, 6) is -1.70. The molecular weight excluding hydrogens is 203 g/mol. The highest BCUT2D eigenvalue weighted by molar-refractivity contribution is 6.43. The van der Waals surface area contributed by atoms with Crippen LogP contribution < -0.4 is 0 Å². The fourth-order valence-corrected chi connectivity index (χ4v) is 1.14. The maximum Gasteiger partial charge on any atom is 0.341 e. The average Bonchev–Trinajstić information content (AvgIpc) is 1.97. The molecular formula is C7H4Cl2O3. The second-order valence-corrected chi connectivity index (χ2v) is 2.85. The Bertz CT molecular complexity index is 336. The Morgan fingerprint density at radius 1 is 1.33 bits per heavy atom. The van der Waals surface area contributed by atoms with Gasteiger partial charge in [-0.2, -0.15) is 0 Å². The first-order valence-corrected chi connectivity index (χ1v) is 3.70. The maximum atomic E-state index is 10.5. The van der Waals surface area contributed by atoms with Crippen molar-refractivity contribution in [1.82, 2.24) is 0 Å². The second kappa shape index (κ2) is 3.21. The van der Waals surface area contributed by atoms with Gasteiger partial charge < -0.3 is 10.2 Å². The predicted molar refractivity (Wildman–Crippen MR) is 45.1 cm³/mol. The number of rotatable bonds is 1.